The Morgan fingerprint density at radius 1 is 1.12 bits per heavy atom. The van der Waals surface area contributed by atoms with Crippen LogP contribution in [0.15, 0.2) is 85.0 Å². The monoisotopic (exact) mass is 753 g/mol. The van der Waals surface area contributed by atoms with Crippen molar-refractivity contribution in [1.29, 1.82) is 0 Å². The normalized spacial score (nSPS) is 20.4. The molecule has 6 nitrogen and oxygen atoms in total. The van der Waals surface area contributed by atoms with Crippen molar-refractivity contribution in [3.8, 4) is 11.3 Å². The molecule has 48 heavy (non-hydrogen) atoms. The van der Waals surface area contributed by atoms with Gasteiger partial charge in [-0.2, -0.15) is 8.42 Å². The van der Waals surface area contributed by atoms with E-state index in [0.717, 1.165) is 48.4 Å². The van der Waals surface area contributed by atoms with Crippen LogP contribution >= 0.6 is 58.7 Å². The smallest absolute Gasteiger partial charge is 0.278 e. The van der Waals surface area contributed by atoms with Gasteiger partial charge < -0.3 is 9.08 Å². The molecule has 1 atom stereocenters. The Bertz CT molecular complexity index is 2050. The van der Waals surface area contributed by atoms with Crippen molar-refractivity contribution in [2.45, 2.75) is 60.1 Å². The first kappa shape index (κ1) is 34.4. The summed E-state index contributed by atoms with van der Waals surface area (Å²) in [6.07, 6.45) is 17.5. The molecule has 250 valence electrons. The molecule has 2 aliphatic carbocycles. The van der Waals surface area contributed by atoms with Gasteiger partial charge in [0.25, 0.3) is 15.1 Å². The molecule has 0 amide bonds. The van der Waals surface area contributed by atoms with Gasteiger partial charge in [0.05, 0.1) is 40.4 Å². The summed E-state index contributed by atoms with van der Waals surface area (Å²) < 4.78 is 39.5. The van der Waals surface area contributed by atoms with Gasteiger partial charge in [0, 0.05) is 39.1 Å². The molecular weight excluding hydrogens is 717 g/mol. The van der Waals surface area contributed by atoms with Gasteiger partial charge in [-0.15, -0.1) is 23.5 Å². The maximum Gasteiger partial charge on any atom is 0.278 e. The van der Waals surface area contributed by atoms with E-state index in [4.69, 9.17) is 8.74 Å². The van der Waals surface area contributed by atoms with Crippen molar-refractivity contribution >= 4 is 90.8 Å². The van der Waals surface area contributed by atoms with Crippen molar-refractivity contribution in [3.63, 3.8) is 0 Å². The minimum absolute atomic E-state index is 0.186. The minimum atomic E-state index is -3.99. The highest BCUT2D eigenvalue weighted by Crippen LogP contribution is 2.50. The minimum Gasteiger partial charge on any atom is -0.335 e. The van der Waals surface area contributed by atoms with Crippen LogP contribution in [0.25, 0.3) is 16.3 Å². The molecule has 1 N–H and O–H groups in total. The molecule has 2 aliphatic heterocycles. The molecule has 7 rings (SSSR count). The third-order valence-electron chi connectivity index (χ3n) is 8.94. The standard InChI is InChI=1S/C36H36N2O4S6/c1-3-37-31-23-33-27(11-14-44-33)21-34(31)47-35(37)19-24-5-7-26-8-6-25(18-28(26)17-24)20-36-38(12-15-45-42-13-4-16-48(39,40)41)30-22-29(43-2)9-10-32(30)46-36/h9-10,17-23,26H,3-8,11,13-14,16H2,1-2H3/p+1. The van der Waals surface area contributed by atoms with Gasteiger partial charge in [-0.25, -0.2) is 0 Å². The highest BCUT2D eigenvalue weighted by Gasteiger charge is 2.29. The molecule has 1 aromatic heterocycles. The van der Waals surface area contributed by atoms with E-state index in [1.807, 2.05) is 28.1 Å². The van der Waals surface area contributed by atoms with E-state index in [1.165, 1.54) is 71.0 Å². The largest absolute Gasteiger partial charge is 0.335 e. The Morgan fingerprint density at radius 3 is 2.83 bits per heavy atom. The number of aromatic nitrogens is 1. The van der Waals surface area contributed by atoms with Gasteiger partial charge in [-0.1, -0.05) is 39.8 Å². The van der Waals surface area contributed by atoms with Gasteiger partial charge in [-0.3, -0.25) is 4.55 Å². The maximum absolute atomic E-state index is 11.0. The summed E-state index contributed by atoms with van der Waals surface area (Å²) in [4.78, 5) is 6.51. The van der Waals surface area contributed by atoms with Gasteiger partial charge in [0.15, 0.2) is 0 Å². The average Bonchev–Trinajstić information content (AvgIpc) is 3.76. The van der Waals surface area contributed by atoms with Crippen LogP contribution < -0.4 is 9.47 Å². The zero-order valence-corrected chi connectivity index (χ0v) is 31.8. The summed E-state index contributed by atoms with van der Waals surface area (Å²) in [6.45, 7) is 3.41. The Kier molecular flexibility index (Phi) is 10.8. The fraction of sp³-hybridized carbons (Fsp3) is 0.361. The molecule has 0 bridgehead atoms. The molecule has 0 radical (unpaired) electrons. The number of hydrogen-bond donors (Lipinski definition) is 1. The van der Waals surface area contributed by atoms with Crippen LogP contribution in [-0.4, -0.2) is 43.9 Å². The molecule has 1 unspecified atom stereocenters. The van der Waals surface area contributed by atoms with Gasteiger partial charge in [-0.05, 0) is 110 Å². The average molecular weight is 754 g/mol. The Morgan fingerprint density at radius 2 is 2.00 bits per heavy atom. The SMILES string of the molecule is CCN1C(=CC2=CC3=CC(=Cc4sc5ccc(SC)cc5[n+]4C#CSOCCCS(=O)(=O)O)CCC3CC2)Sc2cc3c(cc21)SCC3. The number of hydrogen-bond acceptors (Lipinski definition) is 9. The third-order valence-corrected chi connectivity index (χ3v) is 14.2. The fourth-order valence-electron chi connectivity index (χ4n) is 6.57. The van der Waals surface area contributed by atoms with E-state index >= 15 is 0 Å². The number of nitrogens with zero attached hydrogens (tertiary/aromatic N) is 2. The van der Waals surface area contributed by atoms with Gasteiger partial charge in [0.1, 0.15) is 4.70 Å². The van der Waals surface area contributed by atoms with Crippen LogP contribution in [0.3, 0.4) is 0 Å². The van der Waals surface area contributed by atoms with Crippen LogP contribution in [0.1, 0.15) is 49.6 Å². The fourth-order valence-corrected chi connectivity index (χ4v) is 11.3. The summed E-state index contributed by atoms with van der Waals surface area (Å²) >= 11 is 8.35. The molecule has 0 saturated carbocycles. The predicted octanol–water partition coefficient (Wildman–Crippen LogP) is 9.18. The number of fused-ring (bicyclic) bond motifs is 4. The lowest BCUT2D eigenvalue weighted by molar-refractivity contribution is -0.551. The maximum atomic E-state index is 11.0. The predicted molar refractivity (Wildman–Crippen MR) is 205 cm³/mol. The molecule has 0 spiro atoms. The molecule has 0 fully saturated rings. The molecule has 2 aromatic carbocycles. The molecule has 3 heterocycles. The summed E-state index contributed by atoms with van der Waals surface area (Å²) in [5.74, 6) is 1.48. The van der Waals surface area contributed by atoms with E-state index in [1.54, 1.807) is 23.1 Å². The molecule has 3 aromatic rings. The second kappa shape index (κ2) is 15.0. The molecular formula is C36H37N2O4S6+. The van der Waals surface area contributed by atoms with Crippen molar-refractivity contribution in [1.82, 2.24) is 0 Å². The van der Waals surface area contributed by atoms with E-state index in [2.05, 4.69) is 84.0 Å². The number of anilines is 1. The number of rotatable bonds is 9. The molecule has 4 aliphatic rings. The summed E-state index contributed by atoms with van der Waals surface area (Å²) in [5, 5.41) is 5.44. The number of thiazole rings is 1. The second-order valence-corrected chi connectivity index (χ2v) is 18.4. The van der Waals surface area contributed by atoms with E-state index in [9.17, 15) is 8.42 Å². The van der Waals surface area contributed by atoms with Crippen LogP contribution in [0.2, 0.25) is 0 Å². The molecule has 0 saturated heterocycles. The van der Waals surface area contributed by atoms with Crippen LogP contribution in [0.4, 0.5) is 5.69 Å². The lowest BCUT2D eigenvalue weighted by Gasteiger charge is -2.28. The van der Waals surface area contributed by atoms with E-state index < -0.39 is 10.1 Å². The van der Waals surface area contributed by atoms with Crippen molar-refractivity contribution in [3.05, 3.63) is 80.9 Å². The first-order chi connectivity index (χ1) is 23.3. The Balaban J connectivity index is 1.13. The zero-order valence-electron chi connectivity index (χ0n) is 26.9. The number of benzene rings is 2. The molecule has 12 heteroatoms. The van der Waals surface area contributed by atoms with Gasteiger partial charge in [0.2, 0.25) is 11.6 Å². The Hall–Kier alpha value is -2.08. The lowest BCUT2D eigenvalue weighted by Crippen LogP contribution is -2.29. The number of thioether (sulfide) groups is 3. The first-order valence-electron chi connectivity index (χ1n) is 16.1. The summed E-state index contributed by atoms with van der Waals surface area (Å²) in [6, 6.07) is 14.6. The Labute approximate surface area is 304 Å². The van der Waals surface area contributed by atoms with Crippen LogP contribution in [-0.2, 0) is 20.7 Å². The van der Waals surface area contributed by atoms with Crippen molar-refractivity contribution in [2.75, 3.05) is 35.8 Å². The summed E-state index contributed by atoms with van der Waals surface area (Å²) in [7, 11) is -3.99. The van der Waals surface area contributed by atoms with Crippen LogP contribution in [0, 0.1) is 17.2 Å². The zero-order chi connectivity index (χ0) is 33.3. The van der Waals surface area contributed by atoms with Crippen molar-refractivity contribution < 1.29 is 21.7 Å². The lowest BCUT2D eigenvalue weighted by atomic mass is 9.77. The number of allylic oxidation sites excluding steroid dienone is 6. The highest BCUT2D eigenvalue weighted by molar-refractivity contribution is 8.03. The number of aryl methyl sites for hydroxylation is 1. The second-order valence-electron chi connectivity index (χ2n) is 12.1. The quantitative estimate of drug-likeness (QED) is 0.0576. The summed E-state index contributed by atoms with van der Waals surface area (Å²) in [5.41, 5.74) is 8.09. The first-order valence-corrected chi connectivity index (χ1v) is 22.3. The highest BCUT2D eigenvalue weighted by atomic mass is 32.2. The van der Waals surface area contributed by atoms with Gasteiger partial charge >= 0.3 is 0 Å². The van der Waals surface area contributed by atoms with E-state index in [0.29, 0.717) is 5.92 Å². The van der Waals surface area contributed by atoms with Crippen LogP contribution in [0.5, 0.6) is 0 Å². The topological polar surface area (TPSA) is 70.7 Å². The van der Waals surface area contributed by atoms with E-state index in [-0.39, 0.29) is 18.8 Å². The third kappa shape index (κ3) is 7.79. The van der Waals surface area contributed by atoms with Crippen molar-refractivity contribution in [2.24, 2.45) is 5.92 Å².